The fraction of sp³-hybridized carbons (Fsp3) is 0.391. The number of para-hydroxylation sites is 1. The number of amides is 1. The molecule has 3 rings (SSSR count). The Bertz CT molecular complexity index is 830. The van der Waals surface area contributed by atoms with E-state index in [1.54, 1.807) is 31.4 Å². The summed E-state index contributed by atoms with van der Waals surface area (Å²) in [5.41, 5.74) is 1.36. The van der Waals surface area contributed by atoms with E-state index in [1.165, 1.54) is 0 Å². The number of carbonyl (C=O) groups excluding carboxylic acids is 2. The summed E-state index contributed by atoms with van der Waals surface area (Å²) in [5.74, 6) is 0.535. The average molecular weight is 413 g/mol. The summed E-state index contributed by atoms with van der Waals surface area (Å²) in [5, 5.41) is 2.74. The van der Waals surface area contributed by atoms with Crippen LogP contribution in [0.2, 0.25) is 0 Å². The second kappa shape index (κ2) is 11.2. The van der Waals surface area contributed by atoms with Gasteiger partial charge in [-0.1, -0.05) is 18.2 Å². The van der Waals surface area contributed by atoms with Gasteiger partial charge in [-0.25, -0.2) is 4.79 Å². The number of rotatable bonds is 10. The molecular weight excluding hydrogens is 386 g/mol. The highest BCUT2D eigenvalue weighted by molar-refractivity contribution is 5.91. The van der Waals surface area contributed by atoms with Gasteiger partial charge >= 0.3 is 5.97 Å². The Kier molecular flexibility index (Phi) is 8.09. The van der Waals surface area contributed by atoms with E-state index in [2.05, 4.69) is 5.32 Å². The van der Waals surface area contributed by atoms with E-state index in [9.17, 15) is 9.59 Å². The first-order valence-corrected chi connectivity index (χ1v) is 10.1. The average Bonchev–Trinajstić information content (AvgIpc) is 3.30. The monoisotopic (exact) mass is 413 g/mol. The molecule has 0 unspecified atom stereocenters. The Balaban J connectivity index is 1.36. The maximum atomic E-state index is 12.1. The van der Waals surface area contributed by atoms with Gasteiger partial charge in [0.1, 0.15) is 18.1 Å². The quantitative estimate of drug-likeness (QED) is 0.603. The van der Waals surface area contributed by atoms with Crippen LogP contribution in [0.4, 0.5) is 0 Å². The molecule has 1 heterocycles. The van der Waals surface area contributed by atoms with Crippen molar-refractivity contribution in [2.45, 2.75) is 25.4 Å². The van der Waals surface area contributed by atoms with Crippen LogP contribution in [0.25, 0.3) is 0 Å². The van der Waals surface area contributed by atoms with E-state index in [0.717, 1.165) is 30.8 Å². The first-order valence-electron chi connectivity index (χ1n) is 10.1. The van der Waals surface area contributed by atoms with Gasteiger partial charge in [-0.2, -0.15) is 0 Å². The fourth-order valence-corrected chi connectivity index (χ4v) is 3.16. The molecule has 1 atom stereocenters. The van der Waals surface area contributed by atoms with Gasteiger partial charge in [0.15, 0.2) is 6.61 Å². The molecule has 2 aromatic rings. The highest BCUT2D eigenvalue weighted by Crippen LogP contribution is 2.18. The lowest BCUT2D eigenvalue weighted by molar-refractivity contribution is -0.124. The lowest BCUT2D eigenvalue weighted by Crippen LogP contribution is -2.30. The molecule has 0 radical (unpaired) electrons. The van der Waals surface area contributed by atoms with E-state index in [4.69, 9.17) is 18.9 Å². The fourth-order valence-electron chi connectivity index (χ4n) is 3.16. The summed E-state index contributed by atoms with van der Waals surface area (Å²) in [6.45, 7) is 1.38. The van der Waals surface area contributed by atoms with Gasteiger partial charge in [0.2, 0.25) is 0 Å². The molecule has 1 aliphatic heterocycles. The van der Waals surface area contributed by atoms with Crippen LogP contribution in [0.1, 0.15) is 28.8 Å². The van der Waals surface area contributed by atoms with Crippen LogP contribution in [0.3, 0.4) is 0 Å². The smallest absolute Gasteiger partial charge is 0.338 e. The molecule has 2 aromatic carbocycles. The van der Waals surface area contributed by atoms with E-state index >= 15 is 0 Å². The molecule has 0 aromatic heterocycles. The number of esters is 1. The van der Waals surface area contributed by atoms with Crippen LogP contribution >= 0.6 is 0 Å². The molecule has 1 amide bonds. The third kappa shape index (κ3) is 6.49. The van der Waals surface area contributed by atoms with Crippen LogP contribution in [0, 0.1) is 0 Å². The SMILES string of the molecule is COc1ccccc1CCNC(=O)COC(=O)c1ccc(OC[C@@H]2CCCO2)cc1. The topological polar surface area (TPSA) is 83.1 Å². The predicted octanol–water partition coefficient (Wildman–Crippen LogP) is 2.77. The Morgan fingerprint density at radius 1 is 1.13 bits per heavy atom. The summed E-state index contributed by atoms with van der Waals surface area (Å²) >= 11 is 0. The Hall–Kier alpha value is -3.06. The largest absolute Gasteiger partial charge is 0.496 e. The number of hydrogen-bond acceptors (Lipinski definition) is 6. The van der Waals surface area contributed by atoms with Crippen molar-refractivity contribution in [3.8, 4) is 11.5 Å². The summed E-state index contributed by atoms with van der Waals surface area (Å²) in [6, 6.07) is 14.3. The molecule has 0 spiro atoms. The van der Waals surface area contributed by atoms with E-state index in [-0.39, 0.29) is 18.6 Å². The Morgan fingerprint density at radius 2 is 1.93 bits per heavy atom. The van der Waals surface area contributed by atoms with Crippen LogP contribution in [0.5, 0.6) is 11.5 Å². The van der Waals surface area contributed by atoms with Crippen molar-refractivity contribution in [3.63, 3.8) is 0 Å². The molecule has 1 saturated heterocycles. The number of hydrogen-bond donors (Lipinski definition) is 1. The van der Waals surface area contributed by atoms with Gasteiger partial charge in [-0.05, 0) is 55.2 Å². The zero-order valence-corrected chi connectivity index (χ0v) is 17.1. The molecule has 1 fully saturated rings. The minimum absolute atomic E-state index is 0.135. The predicted molar refractivity (Wildman–Crippen MR) is 111 cm³/mol. The van der Waals surface area contributed by atoms with Gasteiger partial charge in [-0.15, -0.1) is 0 Å². The molecule has 1 aliphatic rings. The molecule has 160 valence electrons. The van der Waals surface area contributed by atoms with Gasteiger partial charge in [0.25, 0.3) is 5.91 Å². The second-order valence-corrected chi connectivity index (χ2v) is 6.96. The highest BCUT2D eigenvalue weighted by atomic mass is 16.5. The molecule has 7 nitrogen and oxygen atoms in total. The Morgan fingerprint density at radius 3 is 2.67 bits per heavy atom. The van der Waals surface area contributed by atoms with Crippen LogP contribution in [-0.2, 0) is 20.7 Å². The van der Waals surface area contributed by atoms with E-state index in [0.29, 0.717) is 30.9 Å². The van der Waals surface area contributed by atoms with E-state index < -0.39 is 5.97 Å². The van der Waals surface area contributed by atoms with Crippen molar-refractivity contribution < 1.29 is 28.5 Å². The molecule has 0 saturated carbocycles. The van der Waals surface area contributed by atoms with E-state index in [1.807, 2.05) is 24.3 Å². The second-order valence-electron chi connectivity index (χ2n) is 6.96. The number of benzene rings is 2. The summed E-state index contributed by atoms with van der Waals surface area (Å²) in [7, 11) is 1.61. The van der Waals surface area contributed by atoms with Crippen molar-refractivity contribution in [1.82, 2.24) is 5.32 Å². The van der Waals surface area contributed by atoms with Crippen molar-refractivity contribution in [2.24, 2.45) is 0 Å². The molecule has 30 heavy (non-hydrogen) atoms. The summed E-state index contributed by atoms with van der Waals surface area (Å²) < 4.78 is 21.5. The number of carbonyl (C=O) groups is 2. The van der Waals surface area contributed by atoms with Crippen molar-refractivity contribution in [2.75, 3.05) is 33.5 Å². The zero-order chi connectivity index (χ0) is 21.2. The van der Waals surface area contributed by atoms with Crippen LogP contribution < -0.4 is 14.8 Å². The maximum Gasteiger partial charge on any atom is 0.338 e. The number of nitrogens with one attached hydrogen (secondary N) is 1. The van der Waals surface area contributed by atoms with Gasteiger partial charge in [-0.3, -0.25) is 4.79 Å². The molecule has 0 bridgehead atoms. The van der Waals surface area contributed by atoms with Crippen molar-refractivity contribution in [1.29, 1.82) is 0 Å². The van der Waals surface area contributed by atoms with Crippen molar-refractivity contribution >= 4 is 11.9 Å². The minimum atomic E-state index is -0.555. The molecule has 7 heteroatoms. The van der Waals surface area contributed by atoms with Gasteiger partial charge in [0, 0.05) is 13.2 Å². The highest BCUT2D eigenvalue weighted by Gasteiger charge is 2.16. The third-order valence-corrected chi connectivity index (χ3v) is 4.79. The zero-order valence-electron chi connectivity index (χ0n) is 17.1. The molecule has 1 N–H and O–H groups in total. The van der Waals surface area contributed by atoms with Crippen molar-refractivity contribution in [3.05, 3.63) is 59.7 Å². The number of ether oxygens (including phenoxy) is 4. The normalized spacial score (nSPS) is 15.4. The number of methoxy groups -OCH3 is 1. The Labute approximate surface area is 176 Å². The van der Waals surface area contributed by atoms with Gasteiger partial charge in [0.05, 0.1) is 18.8 Å². The summed E-state index contributed by atoms with van der Waals surface area (Å²) in [6.07, 6.45) is 2.83. The minimum Gasteiger partial charge on any atom is -0.496 e. The maximum absolute atomic E-state index is 12.1. The molecule has 0 aliphatic carbocycles. The van der Waals surface area contributed by atoms with Gasteiger partial charge < -0.3 is 24.3 Å². The lowest BCUT2D eigenvalue weighted by Gasteiger charge is -2.12. The first kappa shape index (κ1) is 21.6. The lowest BCUT2D eigenvalue weighted by atomic mass is 10.1. The standard InChI is InChI=1S/C23H27NO6/c1-27-21-7-3-2-5-17(21)12-13-24-22(25)16-30-23(26)18-8-10-19(11-9-18)29-15-20-6-4-14-28-20/h2-3,5,7-11,20H,4,6,12-16H2,1H3,(H,24,25)/t20-/m0/s1. The first-order chi connectivity index (χ1) is 14.7. The third-order valence-electron chi connectivity index (χ3n) is 4.79. The van der Waals surface area contributed by atoms with Crippen LogP contribution in [0.15, 0.2) is 48.5 Å². The molecular formula is C23H27NO6. The van der Waals surface area contributed by atoms with Crippen LogP contribution in [-0.4, -0.2) is 51.5 Å². The summed E-state index contributed by atoms with van der Waals surface area (Å²) in [4.78, 5) is 24.1.